The van der Waals surface area contributed by atoms with Crippen LogP contribution in [0.25, 0.3) is 0 Å². The average molecular weight is 238 g/mol. The first-order valence-electron chi connectivity index (χ1n) is 3.15. The molecule has 0 aliphatic rings. The highest BCUT2D eigenvalue weighted by molar-refractivity contribution is 7.91. The molecule has 3 N–H and O–H groups in total. The van der Waals surface area contributed by atoms with Crippen molar-refractivity contribution in [3.05, 3.63) is 0 Å². The molecule has 14 heavy (non-hydrogen) atoms. The number of aromatic nitrogens is 2. The lowest BCUT2D eigenvalue weighted by Crippen LogP contribution is -2.11. The number of primary sulfonamides is 1. The summed E-state index contributed by atoms with van der Waals surface area (Å²) in [5, 5.41) is 13.5. The summed E-state index contributed by atoms with van der Waals surface area (Å²) >= 11 is 0.636. The number of rotatable bonds is 2. The van der Waals surface area contributed by atoms with Crippen molar-refractivity contribution < 1.29 is 17.9 Å². The van der Waals surface area contributed by atoms with Gasteiger partial charge in [0.05, 0.1) is 7.11 Å². The lowest BCUT2D eigenvalue weighted by Gasteiger charge is -1.95. The van der Waals surface area contributed by atoms with Crippen LogP contribution in [-0.2, 0) is 14.8 Å². The van der Waals surface area contributed by atoms with Crippen molar-refractivity contribution in [2.75, 3.05) is 12.4 Å². The molecule has 8 nitrogen and oxygen atoms in total. The van der Waals surface area contributed by atoms with Crippen LogP contribution in [-0.4, -0.2) is 31.8 Å². The zero-order valence-electron chi connectivity index (χ0n) is 6.92. The number of anilines is 1. The number of hydrogen-bond acceptors (Lipinski definition) is 7. The van der Waals surface area contributed by atoms with Crippen LogP contribution in [0.4, 0.5) is 9.93 Å². The van der Waals surface area contributed by atoms with Gasteiger partial charge in [0.25, 0.3) is 10.0 Å². The summed E-state index contributed by atoms with van der Waals surface area (Å²) in [7, 11) is -2.71. The van der Waals surface area contributed by atoms with Crippen LogP contribution in [0.15, 0.2) is 4.34 Å². The van der Waals surface area contributed by atoms with Gasteiger partial charge in [-0.15, -0.1) is 10.2 Å². The van der Waals surface area contributed by atoms with Crippen molar-refractivity contribution in [2.45, 2.75) is 4.34 Å². The molecule has 0 aliphatic heterocycles. The second kappa shape index (κ2) is 3.86. The Morgan fingerprint density at radius 3 is 2.64 bits per heavy atom. The molecule has 1 aromatic heterocycles. The molecular weight excluding hydrogens is 232 g/mol. The van der Waals surface area contributed by atoms with Crippen LogP contribution in [0.3, 0.4) is 0 Å². The van der Waals surface area contributed by atoms with Gasteiger partial charge in [-0.05, 0) is 0 Å². The van der Waals surface area contributed by atoms with Crippen LogP contribution in [0.2, 0.25) is 0 Å². The minimum atomic E-state index is -3.87. The summed E-state index contributed by atoms with van der Waals surface area (Å²) in [6.07, 6.45) is -0.762. The van der Waals surface area contributed by atoms with E-state index < -0.39 is 16.1 Å². The van der Waals surface area contributed by atoms with Crippen LogP contribution in [0.1, 0.15) is 0 Å². The summed E-state index contributed by atoms with van der Waals surface area (Å²) in [6.45, 7) is 0. The smallest absolute Gasteiger partial charge is 0.413 e. The largest absolute Gasteiger partial charge is 0.453 e. The molecular formula is C4H6N4O4S2. The molecule has 0 bridgehead atoms. The predicted octanol–water partition coefficient (Wildman–Crippen LogP) is -0.636. The summed E-state index contributed by atoms with van der Waals surface area (Å²) in [6, 6.07) is 0. The Balaban J connectivity index is 2.84. The van der Waals surface area contributed by atoms with Crippen molar-refractivity contribution in [3.63, 3.8) is 0 Å². The van der Waals surface area contributed by atoms with Crippen LogP contribution >= 0.6 is 11.3 Å². The van der Waals surface area contributed by atoms with Gasteiger partial charge in [-0.1, -0.05) is 11.3 Å². The molecule has 1 amide bonds. The molecule has 0 spiro atoms. The van der Waals surface area contributed by atoms with E-state index in [9.17, 15) is 13.2 Å². The van der Waals surface area contributed by atoms with E-state index in [2.05, 4.69) is 20.3 Å². The number of carbonyl (C=O) groups is 1. The number of ether oxygens (including phenoxy) is 1. The summed E-state index contributed by atoms with van der Waals surface area (Å²) in [4.78, 5) is 10.7. The molecule has 78 valence electrons. The van der Waals surface area contributed by atoms with Gasteiger partial charge < -0.3 is 4.74 Å². The van der Waals surface area contributed by atoms with Gasteiger partial charge >= 0.3 is 6.09 Å². The highest BCUT2D eigenvalue weighted by atomic mass is 32.2. The van der Waals surface area contributed by atoms with E-state index >= 15 is 0 Å². The molecule has 0 fully saturated rings. The van der Waals surface area contributed by atoms with Crippen LogP contribution < -0.4 is 10.5 Å². The topological polar surface area (TPSA) is 124 Å². The Hall–Kier alpha value is -1.26. The van der Waals surface area contributed by atoms with Crippen molar-refractivity contribution in [2.24, 2.45) is 5.14 Å². The monoisotopic (exact) mass is 238 g/mol. The first-order valence-corrected chi connectivity index (χ1v) is 5.51. The maximum absolute atomic E-state index is 10.7. The quantitative estimate of drug-likeness (QED) is 0.660. The maximum atomic E-state index is 10.7. The Morgan fingerprint density at radius 2 is 2.21 bits per heavy atom. The zero-order chi connectivity index (χ0) is 10.8. The Morgan fingerprint density at radius 1 is 1.57 bits per heavy atom. The first kappa shape index (κ1) is 10.8. The van der Waals surface area contributed by atoms with Gasteiger partial charge in [0, 0.05) is 0 Å². The van der Waals surface area contributed by atoms with Gasteiger partial charge in [-0.2, -0.15) is 0 Å². The lowest BCUT2D eigenvalue weighted by atomic mass is 11.0. The van der Waals surface area contributed by atoms with Gasteiger partial charge in [-0.25, -0.2) is 18.4 Å². The molecule has 0 atom stereocenters. The molecule has 0 saturated heterocycles. The Labute approximate surface area is 83.1 Å². The number of nitrogens with one attached hydrogen (secondary N) is 1. The molecule has 0 unspecified atom stereocenters. The van der Waals surface area contributed by atoms with Gasteiger partial charge in [0.1, 0.15) is 0 Å². The zero-order valence-corrected chi connectivity index (χ0v) is 8.55. The number of methoxy groups -OCH3 is 1. The minimum absolute atomic E-state index is 0.000810. The van der Waals surface area contributed by atoms with Gasteiger partial charge in [-0.3, -0.25) is 5.32 Å². The third-order valence-corrected chi connectivity index (χ3v) is 3.19. The SMILES string of the molecule is COC(=O)Nc1nnc(S(N)(=O)=O)s1. The summed E-state index contributed by atoms with van der Waals surface area (Å²) in [5.41, 5.74) is 0. The number of amides is 1. The Bertz CT molecular complexity index is 438. The fourth-order valence-corrected chi connectivity index (χ4v) is 1.83. The second-order valence-corrected chi connectivity index (χ2v) is 4.75. The third kappa shape index (κ3) is 2.61. The molecule has 0 saturated carbocycles. The molecule has 0 aromatic carbocycles. The van der Waals surface area contributed by atoms with Crippen molar-refractivity contribution in [3.8, 4) is 0 Å². The molecule has 1 aromatic rings. The van der Waals surface area contributed by atoms with E-state index in [-0.39, 0.29) is 9.47 Å². The van der Waals surface area contributed by atoms with E-state index in [1.54, 1.807) is 0 Å². The van der Waals surface area contributed by atoms with E-state index in [4.69, 9.17) is 5.14 Å². The number of hydrogen-bond donors (Lipinski definition) is 2. The van der Waals surface area contributed by atoms with Gasteiger partial charge in [0.2, 0.25) is 9.47 Å². The van der Waals surface area contributed by atoms with E-state index in [0.29, 0.717) is 11.3 Å². The lowest BCUT2D eigenvalue weighted by molar-refractivity contribution is 0.187. The summed E-state index contributed by atoms with van der Waals surface area (Å²) in [5.74, 6) is 0. The fourth-order valence-electron chi connectivity index (χ4n) is 0.514. The molecule has 1 heterocycles. The first-order chi connectivity index (χ1) is 6.43. The van der Waals surface area contributed by atoms with Crippen molar-refractivity contribution in [1.29, 1.82) is 0 Å². The van der Waals surface area contributed by atoms with Crippen molar-refractivity contribution in [1.82, 2.24) is 10.2 Å². The van der Waals surface area contributed by atoms with Crippen molar-refractivity contribution >= 4 is 32.6 Å². The number of nitrogens with zero attached hydrogens (tertiary/aromatic N) is 2. The molecule has 10 heteroatoms. The molecule has 1 rings (SSSR count). The third-order valence-electron chi connectivity index (χ3n) is 1.04. The highest BCUT2D eigenvalue weighted by Crippen LogP contribution is 2.18. The average Bonchev–Trinajstić information content (AvgIpc) is 2.51. The standard InChI is InChI=1S/C4H6N4O4S2/c1-12-3(9)6-2-7-8-4(13-2)14(5,10)11/h1H3,(H2,5,10,11)(H,6,7,9). The van der Waals surface area contributed by atoms with E-state index in [0.717, 1.165) is 7.11 Å². The van der Waals surface area contributed by atoms with E-state index in [1.165, 1.54) is 0 Å². The minimum Gasteiger partial charge on any atom is -0.453 e. The van der Waals surface area contributed by atoms with Crippen LogP contribution in [0, 0.1) is 0 Å². The molecule has 0 radical (unpaired) electrons. The second-order valence-electron chi connectivity index (χ2n) is 2.03. The number of sulfonamides is 1. The predicted molar refractivity (Wildman–Crippen MR) is 47.3 cm³/mol. The van der Waals surface area contributed by atoms with Gasteiger partial charge in [0.15, 0.2) is 0 Å². The molecule has 0 aliphatic carbocycles. The highest BCUT2D eigenvalue weighted by Gasteiger charge is 2.16. The number of carbonyl (C=O) groups excluding carboxylic acids is 1. The number of nitrogens with two attached hydrogens (primary N) is 1. The summed E-state index contributed by atoms with van der Waals surface area (Å²) < 4.78 is 25.4. The maximum Gasteiger partial charge on any atom is 0.413 e. The normalized spacial score (nSPS) is 11.0. The van der Waals surface area contributed by atoms with Crippen LogP contribution in [0.5, 0.6) is 0 Å². The Kier molecular flexibility index (Phi) is 2.98. The van der Waals surface area contributed by atoms with E-state index in [1.807, 2.05) is 0 Å². The fraction of sp³-hybridized carbons (Fsp3) is 0.250.